The number of carbonyl (C=O) groups is 1. The molecule has 0 unspecified atom stereocenters. The van der Waals surface area contributed by atoms with Crippen LogP contribution in [0.3, 0.4) is 0 Å². The van der Waals surface area contributed by atoms with Gasteiger partial charge in [-0.2, -0.15) is 11.3 Å². The molecule has 148 valence electrons. The van der Waals surface area contributed by atoms with Gasteiger partial charge in [0.2, 0.25) is 5.78 Å². The third kappa shape index (κ3) is 3.49. The topological polar surface area (TPSA) is 72.4 Å². The molecule has 0 atom stereocenters. The smallest absolute Gasteiger partial charge is 0.291 e. The van der Waals surface area contributed by atoms with Crippen LogP contribution in [0.5, 0.6) is 0 Å². The molecule has 30 heavy (non-hydrogen) atoms. The van der Waals surface area contributed by atoms with Gasteiger partial charge in [0.05, 0.1) is 10.7 Å². The number of carbonyl (C=O) groups excluding carboxylic acids is 1. The van der Waals surface area contributed by atoms with E-state index in [1.165, 1.54) is 0 Å². The van der Waals surface area contributed by atoms with Crippen molar-refractivity contribution in [1.82, 2.24) is 14.4 Å². The maximum atomic E-state index is 12.4. The average molecular weight is 435 g/mol. The maximum absolute atomic E-state index is 12.4. The Hall–Kier alpha value is -3.42. The molecule has 5 aromatic rings. The molecule has 0 bridgehead atoms. The highest BCUT2D eigenvalue weighted by Gasteiger charge is 2.14. The molecule has 1 aromatic carbocycles. The molecular weight excluding hydrogens is 420 g/mol. The van der Waals surface area contributed by atoms with Crippen molar-refractivity contribution >= 4 is 40.3 Å². The van der Waals surface area contributed by atoms with Crippen LogP contribution in [0.2, 0.25) is 5.02 Å². The summed E-state index contributed by atoms with van der Waals surface area (Å²) in [6.45, 7) is 1.79. The first-order valence-corrected chi connectivity index (χ1v) is 10.4. The largest absolute Gasteiger partial charge is 0.456 e. The number of fused-ring (bicyclic) bond motifs is 1. The van der Waals surface area contributed by atoms with E-state index in [0.717, 1.165) is 11.1 Å². The summed E-state index contributed by atoms with van der Waals surface area (Å²) in [7, 11) is 0. The second-order valence-corrected chi connectivity index (χ2v) is 7.93. The minimum absolute atomic E-state index is 0.252. The molecule has 1 amide bonds. The van der Waals surface area contributed by atoms with Crippen molar-refractivity contribution in [2.24, 2.45) is 0 Å². The van der Waals surface area contributed by atoms with Crippen LogP contribution in [-0.4, -0.2) is 20.3 Å². The van der Waals surface area contributed by atoms with Gasteiger partial charge in [-0.3, -0.25) is 9.20 Å². The zero-order valence-electron chi connectivity index (χ0n) is 15.8. The van der Waals surface area contributed by atoms with E-state index in [9.17, 15) is 4.79 Å². The average Bonchev–Trinajstić information content (AvgIpc) is 3.49. The number of anilines is 1. The lowest BCUT2D eigenvalue weighted by Gasteiger charge is -2.07. The van der Waals surface area contributed by atoms with Gasteiger partial charge in [0.25, 0.3) is 5.91 Å². The molecule has 1 N–H and O–H groups in total. The SMILES string of the molecule is Cc1ccc(C(=O)Nc2ccc(Cl)c(-c3cn4cc(-c5ccsc5)cnc4n3)c2)o1. The molecule has 0 aliphatic heterocycles. The number of hydrogen-bond acceptors (Lipinski definition) is 5. The Balaban J connectivity index is 1.48. The van der Waals surface area contributed by atoms with Gasteiger partial charge in [0.15, 0.2) is 5.76 Å². The number of nitrogens with one attached hydrogen (secondary N) is 1. The highest BCUT2D eigenvalue weighted by molar-refractivity contribution is 7.08. The first-order chi connectivity index (χ1) is 14.6. The summed E-state index contributed by atoms with van der Waals surface area (Å²) in [6.07, 6.45) is 5.67. The molecule has 0 radical (unpaired) electrons. The summed E-state index contributed by atoms with van der Waals surface area (Å²) >= 11 is 8.07. The number of furan rings is 1. The Morgan fingerprint density at radius 3 is 2.83 bits per heavy atom. The predicted molar refractivity (Wildman–Crippen MR) is 118 cm³/mol. The number of amides is 1. The lowest BCUT2D eigenvalue weighted by molar-refractivity contribution is 0.0995. The molecule has 0 spiro atoms. The molecule has 5 rings (SSSR count). The van der Waals surface area contributed by atoms with Crippen LogP contribution in [0.15, 0.2) is 70.2 Å². The van der Waals surface area contributed by atoms with E-state index in [0.29, 0.717) is 33.5 Å². The minimum atomic E-state index is -0.326. The van der Waals surface area contributed by atoms with E-state index in [4.69, 9.17) is 16.0 Å². The normalized spacial score (nSPS) is 11.1. The van der Waals surface area contributed by atoms with Crippen LogP contribution >= 0.6 is 22.9 Å². The molecule has 4 heterocycles. The number of thiophene rings is 1. The van der Waals surface area contributed by atoms with E-state index in [1.807, 2.05) is 22.2 Å². The van der Waals surface area contributed by atoms with Gasteiger partial charge < -0.3 is 9.73 Å². The molecule has 0 aliphatic carbocycles. The van der Waals surface area contributed by atoms with Crippen LogP contribution in [-0.2, 0) is 0 Å². The van der Waals surface area contributed by atoms with E-state index < -0.39 is 0 Å². The zero-order chi connectivity index (χ0) is 20.7. The first-order valence-electron chi connectivity index (χ1n) is 9.12. The van der Waals surface area contributed by atoms with Crippen molar-refractivity contribution in [2.75, 3.05) is 5.32 Å². The Bertz CT molecular complexity index is 1370. The van der Waals surface area contributed by atoms with Gasteiger partial charge >= 0.3 is 0 Å². The Morgan fingerprint density at radius 1 is 1.17 bits per heavy atom. The molecule has 0 aliphatic rings. The molecule has 6 nitrogen and oxygen atoms in total. The first kappa shape index (κ1) is 18.6. The number of hydrogen-bond donors (Lipinski definition) is 1. The third-order valence-electron chi connectivity index (χ3n) is 4.63. The Morgan fingerprint density at radius 2 is 2.07 bits per heavy atom. The van der Waals surface area contributed by atoms with Crippen molar-refractivity contribution in [2.45, 2.75) is 6.92 Å². The number of aromatic nitrogens is 3. The summed E-state index contributed by atoms with van der Waals surface area (Å²) in [5, 5.41) is 7.46. The van der Waals surface area contributed by atoms with E-state index in [-0.39, 0.29) is 11.7 Å². The van der Waals surface area contributed by atoms with Crippen LogP contribution in [0.25, 0.3) is 28.2 Å². The third-order valence-corrected chi connectivity index (χ3v) is 5.64. The van der Waals surface area contributed by atoms with Crippen LogP contribution in [0, 0.1) is 6.92 Å². The fourth-order valence-electron chi connectivity index (χ4n) is 3.14. The summed E-state index contributed by atoms with van der Waals surface area (Å²) in [6, 6.07) is 10.7. The fraction of sp³-hybridized carbons (Fsp3) is 0.0455. The van der Waals surface area contributed by atoms with Crippen LogP contribution in [0.1, 0.15) is 16.3 Å². The van der Waals surface area contributed by atoms with Crippen molar-refractivity contribution in [1.29, 1.82) is 0 Å². The number of aryl methyl sites for hydroxylation is 1. The quantitative estimate of drug-likeness (QED) is 0.380. The molecule has 0 saturated carbocycles. The molecule has 0 fully saturated rings. The monoisotopic (exact) mass is 434 g/mol. The van der Waals surface area contributed by atoms with Gasteiger partial charge in [0, 0.05) is 35.4 Å². The van der Waals surface area contributed by atoms with E-state index in [1.54, 1.807) is 54.8 Å². The summed E-state index contributed by atoms with van der Waals surface area (Å²) in [4.78, 5) is 21.4. The zero-order valence-corrected chi connectivity index (χ0v) is 17.4. The summed E-state index contributed by atoms with van der Waals surface area (Å²) in [5.74, 6) is 1.17. The van der Waals surface area contributed by atoms with Crippen molar-refractivity contribution in [3.63, 3.8) is 0 Å². The second-order valence-electron chi connectivity index (χ2n) is 6.75. The molecular formula is C22H15ClN4O2S. The molecule has 8 heteroatoms. The standard InChI is InChI=1S/C22H15ClN4O2S/c1-13-2-5-20(29-13)21(28)25-16-3-4-18(23)17(8-16)19-11-27-10-15(9-24-22(27)26-19)14-6-7-30-12-14/h2-12H,1H3,(H,25,28). The number of rotatable bonds is 4. The number of benzene rings is 1. The van der Waals surface area contributed by atoms with Crippen LogP contribution < -0.4 is 5.32 Å². The second kappa shape index (κ2) is 7.44. The lowest BCUT2D eigenvalue weighted by atomic mass is 10.1. The number of imidazole rings is 1. The predicted octanol–water partition coefficient (Wildman–Crippen LogP) is 5.93. The van der Waals surface area contributed by atoms with E-state index in [2.05, 4.69) is 26.7 Å². The summed E-state index contributed by atoms with van der Waals surface area (Å²) < 4.78 is 7.25. The molecule has 4 aromatic heterocycles. The van der Waals surface area contributed by atoms with Gasteiger partial charge in [-0.05, 0) is 59.6 Å². The van der Waals surface area contributed by atoms with Gasteiger partial charge in [-0.1, -0.05) is 11.6 Å². The van der Waals surface area contributed by atoms with Crippen molar-refractivity contribution < 1.29 is 9.21 Å². The Kier molecular flexibility index (Phi) is 4.61. The number of halogens is 1. The lowest BCUT2D eigenvalue weighted by Crippen LogP contribution is -2.10. The van der Waals surface area contributed by atoms with Crippen molar-refractivity contribution in [3.05, 3.63) is 82.3 Å². The Labute approximate surface area is 180 Å². The van der Waals surface area contributed by atoms with Gasteiger partial charge in [-0.15, -0.1) is 0 Å². The fourth-order valence-corrected chi connectivity index (χ4v) is 4.02. The highest BCUT2D eigenvalue weighted by Crippen LogP contribution is 2.31. The minimum Gasteiger partial charge on any atom is -0.456 e. The van der Waals surface area contributed by atoms with Crippen LogP contribution in [0.4, 0.5) is 5.69 Å². The van der Waals surface area contributed by atoms with E-state index >= 15 is 0 Å². The maximum Gasteiger partial charge on any atom is 0.291 e. The van der Waals surface area contributed by atoms with Gasteiger partial charge in [0.1, 0.15) is 5.76 Å². The molecule has 0 saturated heterocycles. The highest BCUT2D eigenvalue weighted by atomic mass is 35.5. The summed E-state index contributed by atoms with van der Waals surface area (Å²) in [5.41, 5.74) is 4.08. The van der Waals surface area contributed by atoms with Crippen molar-refractivity contribution in [3.8, 4) is 22.4 Å². The number of nitrogens with zero attached hydrogens (tertiary/aromatic N) is 3. The van der Waals surface area contributed by atoms with Gasteiger partial charge in [-0.25, -0.2) is 9.97 Å².